The normalized spacial score (nSPS) is 13.4. The van der Waals surface area contributed by atoms with Crippen LogP contribution in [0.25, 0.3) is 0 Å². The summed E-state index contributed by atoms with van der Waals surface area (Å²) in [5.74, 6) is -0.740. The fourth-order valence-electron chi connectivity index (χ4n) is 1.40. The Morgan fingerprint density at radius 1 is 1.41 bits per heavy atom. The summed E-state index contributed by atoms with van der Waals surface area (Å²) in [6.45, 7) is 2.06. The molecule has 6 nitrogen and oxygen atoms in total. The topological polar surface area (TPSA) is 98.5 Å². The smallest absolute Gasteiger partial charge is 0.323 e. The molecule has 0 aliphatic carbocycles. The van der Waals surface area contributed by atoms with Gasteiger partial charge in [-0.15, -0.1) is 0 Å². The van der Waals surface area contributed by atoms with Crippen molar-refractivity contribution < 1.29 is 17.9 Å². The average Bonchev–Trinajstić information content (AvgIpc) is 2.26. The Balaban J connectivity index is 4.43. The van der Waals surface area contributed by atoms with E-state index >= 15 is 0 Å². The van der Waals surface area contributed by atoms with Crippen LogP contribution in [0.3, 0.4) is 0 Å². The zero-order valence-electron chi connectivity index (χ0n) is 10.4. The summed E-state index contributed by atoms with van der Waals surface area (Å²) in [4.78, 5) is 11.4. The molecule has 0 aliphatic heterocycles. The van der Waals surface area contributed by atoms with Gasteiger partial charge in [-0.3, -0.25) is 4.79 Å². The number of rotatable bonds is 9. The van der Waals surface area contributed by atoms with Crippen molar-refractivity contribution in [3.63, 3.8) is 0 Å². The first-order valence-corrected chi connectivity index (χ1v) is 7.40. The Morgan fingerprint density at radius 2 is 2.06 bits per heavy atom. The maximum absolute atomic E-state index is 11.5. The number of unbranched alkanes of at least 4 members (excludes halogenated alkanes) is 2. The largest absolute Gasteiger partial charge is 0.468 e. The van der Waals surface area contributed by atoms with Gasteiger partial charge in [0.25, 0.3) is 0 Å². The number of hydrogen-bond acceptors (Lipinski definition) is 5. The maximum Gasteiger partial charge on any atom is 0.323 e. The Hall–Kier alpha value is -0.660. The summed E-state index contributed by atoms with van der Waals surface area (Å²) in [5, 5.41) is 0. The third-order valence-electron chi connectivity index (χ3n) is 2.29. The van der Waals surface area contributed by atoms with E-state index < -0.39 is 22.0 Å². The molecule has 0 aromatic heterocycles. The minimum absolute atomic E-state index is 0.0260. The standard InChI is InChI=1S/C10H22N2O4S/c1-3-4-5-6-9(10(13)16-2)12-17(14,15)8-7-11/h9,12H,3-8,11H2,1-2H3/t9-/m0/s1. The van der Waals surface area contributed by atoms with Gasteiger partial charge in [0, 0.05) is 6.54 Å². The van der Waals surface area contributed by atoms with E-state index in [2.05, 4.69) is 9.46 Å². The van der Waals surface area contributed by atoms with E-state index in [-0.39, 0.29) is 12.3 Å². The molecule has 0 bridgehead atoms. The number of esters is 1. The van der Waals surface area contributed by atoms with E-state index in [1.807, 2.05) is 6.92 Å². The fraction of sp³-hybridized carbons (Fsp3) is 0.900. The Bertz CT molecular complexity index is 316. The Kier molecular flexibility index (Phi) is 8.11. The van der Waals surface area contributed by atoms with E-state index in [4.69, 9.17) is 5.73 Å². The quantitative estimate of drug-likeness (QED) is 0.451. The third kappa shape index (κ3) is 7.30. The van der Waals surface area contributed by atoms with Gasteiger partial charge in [-0.2, -0.15) is 0 Å². The molecule has 17 heavy (non-hydrogen) atoms. The van der Waals surface area contributed by atoms with Gasteiger partial charge in [-0.1, -0.05) is 26.2 Å². The van der Waals surface area contributed by atoms with Gasteiger partial charge in [-0.25, -0.2) is 13.1 Å². The van der Waals surface area contributed by atoms with Gasteiger partial charge in [0.05, 0.1) is 12.9 Å². The van der Waals surface area contributed by atoms with Crippen molar-refractivity contribution in [3.05, 3.63) is 0 Å². The van der Waals surface area contributed by atoms with Gasteiger partial charge >= 0.3 is 5.97 Å². The van der Waals surface area contributed by atoms with Crippen molar-refractivity contribution in [2.24, 2.45) is 5.73 Å². The number of carbonyl (C=O) groups is 1. The molecule has 0 spiro atoms. The van der Waals surface area contributed by atoms with Gasteiger partial charge in [0.15, 0.2) is 0 Å². The van der Waals surface area contributed by atoms with Gasteiger partial charge in [0.1, 0.15) is 6.04 Å². The van der Waals surface area contributed by atoms with E-state index in [0.29, 0.717) is 6.42 Å². The lowest BCUT2D eigenvalue weighted by Gasteiger charge is -2.16. The zero-order chi connectivity index (χ0) is 13.3. The fourth-order valence-corrected chi connectivity index (χ4v) is 2.47. The second-order valence-electron chi connectivity index (χ2n) is 3.80. The molecular weight excluding hydrogens is 244 g/mol. The number of nitrogens with two attached hydrogens (primary N) is 1. The molecule has 0 saturated heterocycles. The van der Waals surface area contributed by atoms with Crippen molar-refractivity contribution in [2.45, 2.75) is 38.6 Å². The van der Waals surface area contributed by atoms with Crippen molar-refractivity contribution >= 4 is 16.0 Å². The molecule has 0 aromatic rings. The maximum atomic E-state index is 11.5. The minimum atomic E-state index is -3.50. The van der Waals surface area contributed by atoms with Crippen LogP contribution in [0.5, 0.6) is 0 Å². The summed E-state index contributed by atoms with van der Waals surface area (Å²) in [7, 11) is -2.26. The second-order valence-corrected chi connectivity index (χ2v) is 5.67. The molecule has 0 aromatic carbocycles. The van der Waals surface area contributed by atoms with Gasteiger partial charge < -0.3 is 10.5 Å². The molecule has 102 valence electrons. The highest BCUT2D eigenvalue weighted by atomic mass is 32.2. The molecule has 0 heterocycles. The Morgan fingerprint density at radius 3 is 2.53 bits per heavy atom. The van der Waals surface area contributed by atoms with E-state index in [1.165, 1.54) is 7.11 Å². The summed E-state index contributed by atoms with van der Waals surface area (Å²) in [6.07, 6.45) is 3.18. The summed E-state index contributed by atoms with van der Waals surface area (Å²) >= 11 is 0. The number of carbonyl (C=O) groups excluding carboxylic acids is 1. The number of methoxy groups -OCH3 is 1. The van der Waals surface area contributed by atoms with Crippen LogP contribution in [0, 0.1) is 0 Å². The van der Waals surface area contributed by atoms with E-state index in [1.54, 1.807) is 0 Å². The van der Waals surface area contributed by atoms with Crippen LogP contribution in [-0.2, 0) is 19.6 Å². The van der Waals surface area contributed by atoms with E-state index in [9.17, 15) is 13.2 Å². The van der Waals surface area contributed by atoms with Crippen molar-refractivity contribution in [2.75, 3.05) is 19.4 Å². The third-order valence-corrected chi connectivity index (χ3v) is 3.71. The van der Waals surface area contributed by atoms with Crippen LogP contribution in [0.15, 0.2) is 0 Å². The van der Waals surface area contributed by atoms with Crippen molar-refractivity contribution in [1.82, 2.24) is 4.72 Å². The first-order chi connectivity index (χ1) is 7.96. The highest BCUT2D eigenvalue weighted by Gasteiger charge is 2.24. The van der Waals surface area contributed by atoms with Crippen LogP contribution in [0.1, 0.15) is 32.6 Å². The molecule has 0 radical (unpaired) electrons. The summed E-state index contributed by atoms with van der Waals surface area (Å²) < 4.78 is 29.9. The predicted octanol–water partition coefficient (Wildman–Crippen LogP) is -0.0136. The lowest BCUT2D eigenvalue weighted by Crippen LogP contribution is -2.43. The van der Waals surface area contributed by atoms with Gasteiger partial charge in [-0.05, 0) is 6.42 Å². The lowest BCUT2D eigenvalue weighted by atomic mass is 10.1. The number of hydrogen-bond donors (Lipinski definition) is 2. The van der Waals surface area contributed by atoms with Crippen LogP contribution < -0.4 is 10.5 Å². The number of sulfonamides is 1. The van der Waals surface area contributed by atoms with Crippen LogP contribution >= 0.6 is 0 Å². The number of ether oxygens (including phenoxy) is 1. The monoisotopic (exact) mass is 266 g/mol. The molecule has 0 amide bonds. The zero-order valence-corrected chi connectivity index (χ0v) is 11.3. The first kappa shape index (κ1) is 16.3. The first-order valence-electron chi connectivity index (χ1n) is 5.74. The molecule has 0 rings (SSSR count). The summed E-state index contributed by atoms with van der Waals surface area (Å²) in [6, 6.07) is -0.803. The summed E-state index contributed by atoms with van der Waals surface area (Å²) in [5.41, 5.74) is 5.19. The second kappa shape index (κ2) is 8.43. The molecule has 0 saturated carbocycles. The van der Waals surface area contributed by atoms with Crippen LogP contribution in [-0.4, -0.2) is 39.8 Å². The Labute approximate surface area is 103 Å². The molecule has 0 fully saturated rings. The van der Waals surface area contributed by atoms with E-state index in [0.717, 1.165) is 19.3 Å². The molecular formula is C10H22N2O4S. The minimum Gasteiger partial charge on any atom is -0.468 e. The molecule has 1 atom stereocenters. The lowest BCUT2D eigenvalue weighted by molar-refractivity contribution is -0.142. The molecule has 0 unspecified atom stereocenters. The highest BCUT2D eigenvalue weighted by Crippen LogP contribution is 2.06. The molecule has 3 N–H and O–H groups in total. The average molecular weight is 266 g/mol. The van der Waals surface area contributed by atoms with Gasteiger partial charge in [0.2, 0.25) is 10.0 Å². The molecule has 7 heteroatoms. The SMILES string of the molecule is CCCCC[C@H](NS(=O)(=O)CCN)C(=O)OC. The number of nitrogens with one attached hydrogen (secondary N) is 1. The van der Waals surface area contributed by atoms with Crippen molar-refractivity contribution in [3.8, 4) is 0 Å². The van der Waals surface area contributed by atoms with Crippen LogP contribution in [0.4, 0.5) is 0 Å². The van der Waals surface area contributed by atoms with Crippen molar-refractivity contribution in [1.29, 1.82) is 0 Å². The van der Waals surface area contributed by atoms with Crippen LogP contribution in [0.2, 0.25) is 0 Å². The highest BCUT2D eigenvalue weighted by molar-refractivity contribution is 7.89. The predicted molar refractivity (Wildman–Crippen MR) is 65.9 cm³/mol. The molecule has 0 aliphatic rings.